The van der Waals surface area contributed by atoms with Crippen LogP contribution in [0, 0.1) is 0 Å². The predicted molar refractivity (Wildman–Crippen MR) is 93.8 cm³/mol. The summed E-state index contributed by atoms with van der Waals surface area (Å²) < 4.78 is 5.08. The molecule has 2 rings (SSSR count). The van der Waals surface area contributed by atoms with E-state index >= 15 is 0 Å². The molecule has 2 aromatic rings. The van der Waals surface area contributed by atoms with Gasteiger partial charge in [0.1, 0.15) is 5.75 Å². The summed E-state index contributed by atoms with van der Waals surface area (Å²) in [5.74, 6) is 0.381. The van der Waals surface area contributed by atoms with E-state index < -0.39 is 0 Å². The number of halogens is 1. The molecule has 0 saturated carbocycles. The molecular formula is C17H18ClN3O2. The average Bonchev–Trinajstić information content (AvgIpc) is 2.56. The third kappa shape index (κ3) is 4.47. The molecular weight excluding hydrogens is 314 g/mol. The predicted octanol–water partition coefficient (Wildman–Crippen LogP) is 3.18. The van der Waals surface area contributed by atoms with Gasteiger partial charge in [0.2, 0.25) is 0 Å². The number of nitrogens with one attached hydrogen (secondary N) is 1. The van der Waals surface area contributed by atoms with Gasteiger partial charge in [-0.05, 0) is 36.4 Å². The molecule has 1 amide bonds. The molecule has 0 spiro atoms. The Morgan fingerprint density at radius 2 is 2.04 bits per heavy atom. The summed E-state index contributed by atoms with van der Waals surface area (Å²) in [4.78, 5) is 14.0. The first-order chi connectivity index (χ1) is 11.0. The number of hydrazone groups is 1. The lowest BCUT2D eigenvalue weighted by Gasteiger charge is -2.12. The molecule has 0 aliphatic carbocycles. The Labute approximate surface area is 140 Å². The molecule has 0 atom stereocenters. The van der Waals surface area contributed by atoms with E-state index in [4.69, 9.17) is 16.3 Å². The van der Waals surface area contributed by atoms with Gasteiger partial charge < -0.3 is 9.64 Å². The number of nitrogens with zero attached hydrogens (tertiary/aromatic N) is 2. The highest BCUT2D eigenvalue weighted by atomic mass is 35.5. The first kappa shape index (κ1) is 16.8. The number of carbonyl (C=O) groups excluding carboxylic acids is 1. The van der Waals surface area contributed by atoms with Gasteiger partial charge in [-0.3, -0.25) is 4.79 Å². The van der Waals surface area contributed by atoms with Gasteiger partial charge in [-0.25, -0.2) is 5.43 Å². The maximum absolute atomic E-state index is 12.1. The van der Waals surface area contributed by atoms with Crippen molar-refractivity contribution in [2.45, 2.75) is 0 Å². The van der Waals surface area contributed by atoms with Crippen LogP contribution in [0.25, 0.3) is 0 Å². The molecule has 6 heteroatoms. The highest BCUT2D eigenvalue weighted by molar-refractivity contribution is 6.33. The molecule has 0 aromatic heterocycles. The normalized spacial score (nSPS) is 10.6. The molecule has 0 fully saturated rings. The highest BCUT2D eigenvalue weighted by Gasteiger charge is 2.06. The Kier molecular flexibility index (Phi) is 5.60. The Hall–Kier alpha value is -2.53. The second-order valence-corrected chi connectivity index (χ2v) is 5.44. The van der Waals surface area contributed by atoms with E-state index in [0.717, 1.165) is 5.69 Å². The molecule has 0 radical (unpaired) electrons. The minimum atomic E-state index is -0.283. The van der Waals surface area contributed by atoms with Crippen molar-refractivity contribution < 1.29 is 9.53 Å². The number of benzene rings is 2. The van der Waals surface area contributed by atoms with Crippen LogP contribution in [-0.4, -0.2) is 33.3 Å². The van der Waals surface area contributed by atoms with Crippen LogP contribution >= 0.6 is 11.6 Å². The monoisotopic (exact) mass is 331 g/mol. The maximum Gasteiger partial charge on any atom is 0.271 e. The summed E-state index contributed by atoms with van der Waals surface area (Å²) >= 11 is 6.11. The molecule has 1 N–H and O–H groups in total. The van der Waals surface area contributed by atoms with Crippen molar-refractivity contribution in [1.29, 1.82) is 0 Å². The zero-order valence-electron chi connectivity index (χ0n) is 13.2. The van der Waals surface area contributed by atoms with Crippen LogP contribution in [0.15, 0.2) is 47.6 Å². The fraction of sp³-hybridized carbons (Fsp3) is 0.176. The average molecular weight is 332 g/mol. The highest BCUT2D eigenvalue weighted by Crippen LogP contribution is 2.20. The molecule has 0 aliphatic rings. The standard InChI is InChI=1S/C17H18ClN3O2/c1-21(2)14-6-4-5-12(9-14)17(22)20-19-11-13-7-8-15(23-3)10-16(13)18/h4-11H,1-3H3,(H,20,22)/b19-11+. The van der Waals surface area contributed by atoms with Crippen molar-refractivity contribution in [2.75, 3.05) is 26.1 Å². The molecule has 0 unspecified atom stereocenters. The first-order valence-corrected chi connectivity index (χ1v) is 7.33. The number of anilines is 1. The number of rotatable bonds is 5. The Bertz CT molecular complexity index is 730. The van der Waals surface area contributed by atoms with Gasteiger partial charge in [-0.15, -0.1) is 0 Å². The van der Waals surface area contributed by atoms with Gasteiger partial charge in [-0.1, -0.05) is 17.7 Å². The minimum absolute atomic E-state index is 0.283. The third-order valence-corrected chi connectivity index (χ3v) is 3.53. The number of methoxy groups -OCH3 is 1. The summed E-state index contributed by atoms with van der Waals surface area (Å²) in [7, 11) is 5.41. The van der Waals surface area contributed by atoms with E-state index in [-0.39, 0.29) is 5.91 Å². The number of amides is 1. The van der Waals surface area contributed by atoms with Crippen molar-refractivity contribution in [2.24, 2.45) is 5.10 Å². The van der Waals surface area contributed by atoms with E-state index in [1.54, 1.807) is 37.4 Å². The largest absolute Gasteiger partial charge is 0.497 e. The Morgan fingerprint density at radius 3 is 2.70 bits per heavy atom. The first-order valence-electron chi connectivity index (χ1n) is 6.95. The number of carbonyl (C=O) groups is 1. The lowest BCUT2D eigenvalue weighted by atomic mass is 10.2. The fourth-order valence-corrected chi connectivity index (χ4v) is 2.11. The van der Waals surface area contributed by atoms with Gasteiger partial charge in [0.05, 0.1) is 18.3 Å². The Balaban J connectivity index is 2.05. The molecule has 0 bridgehead atoms. The fourth-order valence-electron chi connectivity index (χ4n) is 1.89. The second-order valence-electron chi connectivity index (χ2n) is 5.03. The molecule has 120 valence electrons. The van der Waals surface area contributed by atoms with E-state index in [9.17, 15) is 4.79 Å². The van der Waals surface area contributed by atoms with Crippen LogP contribution in [0.1, 0.15) is 15.9 Å². The molecule has 0 aliphatic heterocycles. The summed E-state index contributed by atoms with van der Waals surface area (Å²) in [6.45, 7) is 0. The molecule has 2 aromatic carbocycles. The van der Waals surface area contributed by atoms with Gasteiger partial charge in [-0.2, -0.15) is 5.10 Å². The van der Waals surface area contributed by atoms with Gasteiger partial charge in [0.15, 0.2) is 0 Å². The zero-order chi connectivity index (χ0) is 16.8. The third-order valence-electron chi connectivity index (χ3n) is 3.20. The van der Waals surface area contributed by atoms with Crippen molar-refractivity contribution in [3.8, 4) is 5.75 Å². The lowest BCUT2D eigenvalue weighted by molar-refractivity contribution is 0.0955. The van der Waals surface area contributed by atoms with Crippen LogP contribution < -0.4 is 15.1 Å². The van der Waals surface area contributed by atoms with Gasteiger partial charge in [0, 0.05) is 30.9 Å². The lowest BCUT2D eigenvalue weighted by Crippen LogP contribution is -2.18. The summed E-state index contributed by atoms with van der Waals surface area (Å²) in [5.41, 5.74) is 4.66. The number of hydrogen-bond acceptors (Lipinski definition) is 4. The SMILES string of the molecule is COc1ccc(/C=N/NC(=O)c2cccc(N(C)C)c2)c(Cl)c1. The van der Waals surface area contributed by atoms with E-state index in [0.29, 0.717) is 21.9 Å². The number of hydrogen-bond donors (Lipinski definition) is 1. The zero-order valence-corrected chi connectivity index (χ0v) is 14.0. The van der Waals surface area contributed by atoms with E-state index in [1.807, 2.05) is 31.1 Å². The number of ether oxygens (including phenoxy) is 1. The van der Waals surface area contributed by atoms with Gasteiger partial charge >= 0.3 is 0 Å². The van der Waals surface area contributed by atoms with Gasteiger partial charge in [0.25, 0.3) is 5.91 Å². The minimum Gasteiger partial charge on any atom is -0.497 e. The second kappa shape index (κ2) is 7.65. The van der Waals surface area contributed by atoms with Crippen LogP contribution in [0.2, 0.25) is 5.02 Å². The van der Waals surface area contributed by atoms with Crippen LogP contribution in [-0.2, 0) is 0 Å². The quantitative estimate of drug-likeness (QED) is 0.676. The Morgan fingerprint density at radius 1 is 1.26 bits per heavy atom. The van der Waals surface area contributed by atoms with Crippen molar-refractivity contribution >= 4 is 29.4 Å². The summed E-state index contributed by atoms with van der Waals surface area (Å²) in [6.07, 6.45) is 1.50. The van der Waals surface area contributed by atoms with E-state index in [1.165, 1.54) is 6.21 Å². The van der Waals surface area contributed by atoms with Crippen molar-refractivity contribution in [1.82, 2.24) is 5.43 Å². The maximum atomic E-state index is 12.1. The molecule has 0 heterocycles. The van der Waals surface area contributed by atoms with Crippen LogP contribution in [0.5, 0.6) is 5.75 Å². The smallest absolute Gasteiger partial charge is 0.271 e. The topological polar surface area (TPSA) is 53.9 Å². The molecule has 0 saturated heterocycles. The summed E-state index contributed by atoms with van der Waals surface area (Å²) in [6, 6.07) is 12.5. The summed E-state index contributed by atoms with van der Waals surface area (Å²) in [5, 5.41) is 4.44. The van der Waals surface area contributed by atoms with E-state index in [2.05, 4.69) is 10.5 Å². The van der Waals surface area contributed by atoms with Crippen LogP contribution in [0.4, 0.5) is 5.69 Å². The van der Waals surface area contributed by atoms with Crippen molar-refractivity contribution in [3.05, 3.63) is 58.6 Å². The molecule has 5 nitrogen and oxygen atoms in total. The van der Waals surface area contributed by atoms with Crippen molar-refractivity contribution in [3.63, 3.8) is 0 Å². The van der Waals surface area contributed by atoms with Crippen LogP contribution in [0.3, 0.4) is 0 Å². The molecule has 23 heavy (non-hydrogen) atoms.